The van der Waals surface area contributed by atoms with E-state index < -0.39 is 0 Å². The third kappa shape index (κ3) is 3.90. The molecule has 0 fully saturated rings. The van der Waals surface area contributed by atoms with Gasteiger partial charge in [0.15, 0.2) is 5.78 Å². The standard InChI is InChI=1S/C13H16O4/c1-3-17-12-7-5-4-6-10(12)11(14)8-9-13(15)16-2/h4-7H,3,8-9H2,1-2H3. The molecule has 0 unspecified atom stereocenters. The molecular weight excluding hydrogens is 220 g/mol. The highest BCUT2D eigenvalue weighted by Crippen LogP contribution is 2.20. The van der Waals surface area contributed by atoms with E-state index in [1.165, 1.54) is 7.11 Å². The molecule has 0 bridgehead atoms. The van der Waals surface area contributed by atoms with Crippen molar-refractivity contribution < 1.29 is 19.1 Å². The van der Waals surface area contributed by atoms with Crippen molar-refractivity contribution in [3.05, 3.63) is 29.8 Å². The van der Waals surface area contributed by atoms with Crippen LogP contribution in [0.5, 0.6) is 5.75 Å². The van der Waals surface area contributed by atoms with Crippen molar-refractivity contribution in [2.45, 2.75) is 19.8 Å². The highest BCUT2D eigenvalue weighted by Gasteiger charge is 2.13. The summed E-state index contributed by atoms with van der Waals surface area (Å²) >= 11 is 0. The van der Waals surface area contributed by atoms with Crippen LogP contribution in [0.3, 0.4) is 0 Å². The van der Waals surface area contributed by atoms with Gasteiger partial charge in [-0.15, -0.1) is 0 Å². The van der Waals surface area contributed by atoms with E-state index in [1.807, 2.05) is 13.0 Å². The number of ketones is 1. The predicted octanol–water partition coefficient (Wildman–Crippen LogP) is 2.22. The molecule has 0 spiro atoms. The molecule has 0 aliphatic carbocycles. The van der Waals surface area contributed by atoms with Crippen molar-refractivity contribution in [3.63, 3.8) is 0 Å². The van der Waals surface area contributed by atoms with Gasteiger partial charge in [0, 0.05) is 6.42 Å². The predicted molar refractivity (Wildman–Crippen MR) is 63.2 cm³/mol. The van der Waals surface area contributed by atoms with Gasteiger partial charge in [-0.1, -0.05) is 12.1 Å². The molecule has 17 heavy (non-hydrogen) atoms. The van der Waals surface area contributed by atoms with E-state index in [4.69, 9.17) is 4.74 Å². The van der Waals surface area contributed by atoms with E-state index in [0.29, 0.717) is 17.9 Å². The second-order valence-electron chi connectivity index (χ2n) is 3.43. The highest BCUT2D eigenvalue weighted by molar-refractivity contribution is 5.99. The summed E-state index contributed by atoms with van der Waals surface area (Å²) in [6.07, 6.45) is 0.229. The summed E-state index contributed by atoms with van der Waals surface area (Å²) in [5.74, 6) is 0.0663. The third-order valence-corrected chi connectivity index (χ3v) is 2.27. The lowest BCUT2D eigenvalue weighted by atomic mass is 10.1. The Kier molecular flexibility index (Phi) is 5.20. The van der Waals surface area contributed by atoms with Crippen LogP contribution < -0.4 is 4.74 Å². The number of ether oxygens (including phenoxy) is 2. The normalized spacial score (nSPS) is 9.76. The monoisotopic (exact) mass is 236 g/mol. The molecule has 0 amide bonds. The number of esters is 1. The first-order valence-corrected chi connectivity index (χ1v) is 5.50. The second kappa shape index (κ2) is 6.68. The molecule has 92 valence electrons. The molecule has 4 heteroatoms. The van der Waals surface area contributed by atoms with Gasteiger partial charge < -0.3 is 9.47 Å². The van der Waals surface area contributed by atoms with Gasteiger partial charge in [0.1, 0.15) is 5.75 Å². The second-order valence-corrected chi connectivity index (χ2v) is 3.43. The maximum atomic E-state index is 11.9. The Hall–Kier alpha value is -1.84. The van der Waals surface area contributed by atoms with E-state index in [9.17, 15) is 9.59 Å². The lowest BCUT2D eigenvalue weighted by Gasteiger charge is -2.08. The number of Topliss-reactive ketones (excluding diaryl/α,β-unsaturated/α-hetero) is 1. The molecule has 0 atom stereocenters. The molecule has 0 saturated heterocycles. The Bertz CT molecular complexity index is 398. The van der Waals surface area contributed by atoms with Crippen LogP contribution in [0.25, 0.3) is 0 Å². The summed E-state index contributed by atoms with van der Waals surface area (Å²) in [4.78, 5) is 22.8. The minimum atomic E-state index is -0.382. The van der Waals surface area contributed by atoms with E-state index in [2.05, 4.69) is 4.74 Å². The molecule has 0 N–H and O–H groups in total. The number of carbonyl (C=O) groups excluding carboxylic acids is 2. The first-order valence-electron chi connectivity index (χ1n) is 5.50. The summed E-state index contributed by atoms with van der Waals surface area (Å²) in [7, 11) is 1.31. The average molecular weight is 236 g/mol. The van der Waals surface area contributed by atoms with Crippen molar-refractivity contribution in [2.75, 3.05) is 13.7 Å². The number of hydrogen-bond donors (Lipinski definition) is 0. The number of hydrogen-bond acceptors (Lipinski definition) is 4. The fourth-order valence-electron chi connectivity index (χ4n) is 1.43. The largest absolute Gasteiger partial charge is 0.493 e. The third-order valence-electron chi connectivity index (χ3n) is 2.27. The smallest absolute Gasteiger partial charge is 0.305 e. The molecular formula is C13H16O4. The van der Waals surface area contributed by atoms with Crippen molar-refractivity contribution in [2.24, 2.45) is 0 Å². The molecule has 0 saturated carbocycles. The molecule has 0 aliphatic heterocycles. The average Bonchev–Trinajstić information content (AvgIpc) is 2.36. The Morgan fingerprint density at radius 2 is 1.88 bits per heavy atom. The van der Waals surface area contributed by atoms with E-state index in [0.717, 1.165) is 0 Å². The summed E-state index contributed by atoms with van der Waals surface area (Å²) in [5, 5.41) is 0. The zero-order valence-electron chi connectivity index (χ0n) is 10.1. The maximum Gasteiger partial charge on any atom is 0.305 e. The summed E-state index contributed by atoms with van der Waals surface area (Å²) in [5.41, 5.74) is 0.512. The van der Waals surface area contributed by atoms with Crippen LogP contribution in [0, 0.1) is 0 Å². The number of methoxy groups -OCH3 is 1. The number of carbonyl (C=O) groups is 2. The van der Waals surface area contributed by atoms with Crippen LogP contribution in [-0.2, 0) is 9.53 Å². The van der Waals surface area contributed by atoms with E-state index in [1.54, 1.807) is 18.2 Å². The summed E-state index contributed by atoms with van der Waals surface area (Å²) in [6.45, 7) is 2.36. The van der Waals surface area contributed by atoms with E-state index >= 15 is 0 Å². The van der Waals surface area contributed by atoms with Gasteiger partial charge in [0.05, 0.1) is 25.7 Å². The van der Waals surface area contributed by atoms with Crippen LogP contribution >= 0.6 is 0 Å². The SMILES string of the molecule is CCOc1ccccc1C(=O)CCC(=O)OC. The first kappa shape index (κ1) is 13.2. The molecule has 4 nitrogen and oxygen atoms in total. The highest BCUT2D eigenvalue weighted by atomic mass is 16.5. The molecule has 1 aromatic carbocycles. The van der Waals surface area contributed by atoms with Crippen molar-refractivity contribution in [3.8, 4) is 5.75 Å². The van der Waals surface area contributed by atoms with Crippen molar-refractivity contribution in [1.82, 2.24) is 0 Å². The van der Waals surface area contributed by atoms with Crippen LogP contribution in [0.1, 0.15) is 30.1 Å². The molecule has 1 aromatic rings. The topological polar surface area (TPSA) is 52.6 Å². The van der Waals surface area contributed by atoms with Gasteiger partial charge in [-0.2, -0.15) is 0 Å². The Morgan fingerprint density at radius 1 is 1.18 bits per heavy atom. The van der Waals surface area contributed by atoms with Crippen LogP contribution in [0.2, 0.25) is 0 Å². The van der Waals surface area contributed by atoms with Gasteiger partial charge in [0.2, 0.25) is 0 Å². The Balaban J connectivity index is 2.71. The first-order chi connectivity index (χ1) is 8.19. The Morgan fingerprint density at radius 3 is 2.53 bits per heavy atom. The summed E-state index contributed by atoms with van der Waals surface area (Å²) < 4.78 is 9.85. The number of rotatable bonds is 6. The minimum absolute atomic E-state index is 0.0930. The van der Waals surface area contributed by atoms with Crippen molar-refractivity contribution in [1.29, 1.82) is 0 Å². The number of para-hydroxylation sites is 1. The van der Waals surface area contributed by atoms with Gasteiger partial charge in [-0.3, -0.25) is 9.59 Å². The van der Waals surface area contributed by atoms with Gasteiger partial charge >= 0.3 is 5.97 Å². The lowest BCUT2D eigenvalue weighted by Crippen LogP contribution is -2.07. The molecule has 0 aliphatic rings. The van der Waals surface area contributed by atoms with E-state index in [-0.39, 0.29) is 24.6 Å². The zero-order valence-corrected chi connectivity index (χ0v) is 10.1. The van der Waals surface area contributed by atoms with Gasteiger partial charge in [-0.25, -0.2) is 0 Å². The molecule has 0 heterocycles. The molecule has 0 radical (unpaired) electrons. The van der Waals surface area contributed by atoms with Crippen LogP contribution in [0.4, 0.5) is 0 Å². The summed E-state index contributed by atoms with van der Waals surface area (Å²) in [6, 6.07) is 7.02. The fourth-order valence-corrected chi connectivity index (χ4v) is 1.43. The van der Waals surface area contributed by atoms with Gasteiger partial charge in [0.25, 0.3) is 0 Å². The van der Waals surface area contributed by atoms with Crippen LogP contribution in [0.15, 0.2) is 24.3 Å². The maximum absolute atomic E-state index is 11.9. The quantitative estimate of drug-likeness (QED) is 0.561. The minimum Gasteiger partial charge on any atom is -0.493 e. The molecule has 0 aromatic heterocycles. The van der Waals surface area contributed by atoms with Crippen LogP contribution in [-0.4, -0.2) is 25.5 Å². The lowest BCUT2D eigenvalue weighted by molar-refractivity contribution is -0.140. The zero-order chi connectivity index (χ0) is 12.7. The Labute approximate surface area is 101 Å². The molecule has 1 rings (SSSR count). The fraction of sp³-hybridized carbons (Fsp3) is 0.385. The van der Waals surface area contributed by atoms with Gasteiger partial charge in [-0.05, 0) is 19.1 Å². The van der Waals surface area contributed by atoms with Crippen molar-refractivity contribution >= 4 is 11.8 Å². The number of benzene rings is 1.